The lowest BCUT2D eigenvalue weighted by Crippen LogP contribution is -2.22. The molecule has 1 heterocycles. The monoisotopic (exact) mass is 347 g/mol. The van der Waals surface area contributed by atoms with Gasteiger partial charge in [0.05, 0.1) is 12.6 Å². The van der Waals surface area contributed by atoms with E-state index in [1.165, 1.54) is 0 Å². The zero-order valence-electron chi connectivity index (χ0n) is 12.5. The van der Waals surface area contributed by atoms with E-state index in [-0.39, 0.29) is 6.04 Å². The second kappa shape index (κ2) is 7.13. The molecule has 0 radical (unpaired) electrons. The lowest BCUT2D eigenvalue weighted by Gasteiger charge is -2.20. The number of rotatable bonds is 5. The molecule has 0 fully saturated rings. The predicted octanol–water partition coefficient (Wildman–Crippen LogP) is 4.56. The molecule has 0 amide bonds. The van der Waals surface area contributed by atoms with Crippen molar-refractivity contribution in [2.24, 2.45) is 0 Å². The number of hydrogen-bond donors (Lipinski definition) is 1. The van der Waals surface area contributed by atoms with Crippen molar-refractivity contribution in [2.75, 3.05) is 0 Å². The number of halogens is 2. The summed E-state index contributed by atoms with van der Waals surface area (Å²) in [7, 11) is 0. The van der Waals surface area contributed by atoms with Crippen molar-refractivity contribution >= 4 is 23.2 Å². The van der Waals surface area contributed by atoms with Crippen molar-refractivity contribution in [1.29, 1.82) is 0 Å². The molecule has 3 aromatic rings. The van der Waals surface area contributed by atoms with E-state index >= 15 is 0 Å². The molecular formula is C17H15Cl2N3O. The Kier molecular flexibility index (Phi) is 4.96. The van der Waals surface area contributed by atoms with E-state index in [9.17, 15) is 0 Å². The Morgan fingerprint density at radius 1 is 1.09 bits per heavy atom. The van der Waals surface area contributed by atoms with Gasteiger partial charge in [0.25, 0.3) is 0 Å². The maximum absolute atomic E-state index is 6.38. The van der Waals surface area contributed by atoms with Crippen LogP contribution in [0.25, 0.3) is 0 Å². The first-order valence-corrected chi connectivity index (χ1v) is 7.91. The summed E-state index contributed by atoms with van der Waals surface area (Å²) in [5.41, 5.74) is 1.98. The van der Waals surface area contributed by atoms with Gasteiger partial charge < -0.3 is 4.42 Å². The number of nitrogens with one attached hydrogen (secondary N) is 1. The molecule has 23 heavy (non-hydrogen) atoms. The highest BCUT2D eigenvalue weighted by Gasteiger charge is 2.18. The molecule has 0 saturated heterocycles. The normalized spacial score (nSPS) is 12.3. The molecule has 1 unspecified atom stereocenters. The fraction of sp³-hybridized carbons (Fsp3) is 0.176. The maximum Gasteiger partial charge on any atom is 0.230 e. The van der Waals surface area contributed by atoms with Crippen LogP contribution in [0, 0.1) is 6.92 Å². The minimum atomic E-state index is -0.130. The highest BCUT2D eigenvalue weighted by Crippen LogP contribution is 2.31. The summed E-state index contributed by atoms with van der Waals surface area (Å²) < 4.78 is 5.42. The Bertz CT molecular complexity index is 790. The van der Waals surface area contributed by atoms with Crippen LogP contribution in [0.15, 0.2) is 52.9 Å². The third-order valence-corrected chi connectivity index (χ3v) is 4.01. The average molecular weight is 348 g/mol. The van der Waals surface area contributed by atoms with Gasteiger partial charge in [-0.05, 0) is 29.3 Å². The summed E-state index contributed by atoms with van der Waals surface area (Å²) in [4.78, 5) is 0. The SMILES string of the molecule is Cc1nnc(CNC(c2ccccc2)c2cc(Cl)ccc2Cl)o1. The topological polar surface area (TPSA) is 51.0 Å². The fourth-order valence-electron chi connectivity index (χ4n) is 2.39. The highest BCUT2D eigenvalue weighted by atomic mass is 35.5. The van der Waals surface area contributed by atoms with Crippen molar-refractivity contribution in [2.45, 2.75) is 19.5 Å². The van der Waals surface area contributed by atoms with E-state index in [0.717, 1.165) is 11.1 Å². The zero-order valence-corrected chi connectivity index (χ0v) is 14.0. The number of nitrogens with zero attached hydrogens (tertiary/aromatic N) is 2. The van der Waals surface area contributed by atoms with Crippen LogP contribution in [-0.2, 0) is 6.54 Å². The summed E-state index contributed by atoms with van der Waals surface area (Å²) in [5.74, 6) is 1.07. The lowest BCUT2D eigenvalue weighted by molar-refractivity contribution is 0.436. The standard InChI is InChI=1S/C17H15Cl2N3O/c1-11-21-22-16(23-11)10-20-17(12-5-3-2-4-6-12)14-9-13(18)7-8-15(14)19/h2-9,17,20H,10H2,1H3. The molecule has 0 aliphatic heterocycles. The Balaban J connectivity index is 1.92. The third kappa shape index (κ3) is 3.91. The van der Waals surface area contributed by atoms with Crippen molar-refractivity contribution < 1.29 is 4.42 Å². The Hall–Kier alpha value is -1.88. The van der Waals surface area contributed by atoms with Gasteiger partial charge in [0.1, 0.15) is 0 Å². The van der Waals surface area contributed by atoms with Crippen LogP contribution in [-0.4, -0.2) is 10.2 Å². The van der Waals surface area contributed by atoms with Gasteiger partial charge in [0.2, 0.25) is 11.8 Å². The Morgan fingerprint density at radius 3 is 2.57 bits per heavy atom. The summed E-state index contributed by atoms with van der Waals surface area (Å²) >= 11 is 12.5. The second-order valence-corrected chi connectivity index (χ2v) is 5.95. The Morgan fingerprint density at radius 2 is 1.87 bits per heavy atom. The van der Waals surface area contributed by atoms with E-state index in [1.54, 1.807) is 19.1 Å². The van der Waals surface area contributed by atoms with E-state index < -0.39 is 0 Å². The van der Waals surface area contributed by atoms with Gasteiger partial charge in [0.15, 0.2) is 0 Å². The minimum absolute atomic E-state index is 0.130. The van der Waals surface area contributed by atoms with Crippen LogP contribution in [0.4, 0.5) is 0 Å². The van der Waals surface area contributed by atoms with Gasteiger partial charge in [-0.15, -0.1) is 10.2 Å². The second-order valence-electron chi connectivity index (χ2n) is 5.11. The summed E-state index contributed by atoms with van der Waals surface area (Å²) in [5, 5.41) is 12.5. The number of aromatic nitrogens is 2. The first kappa shape index (κ1) is 16.0. The molecule has 0 bridgehead atoms. The molecule has 118 valence electrons. The smallest absolute Gasteiger partial charge is 0.230 e. The first-order chi connectivity index (χ1) is 11.1. The van der Waals surface area contributed by atoms with Gasteiger partial charge in [0, 0.05) is 17.0 Å². The molecule has 1 N–H and O–H groups in total. The van der Waals surface area contributed by atoms with Gasteiger partial charge in [-0.25, -0.2) is 0 Å². The molecule has 0 saturated carbocycles. The zero-order chi connectivity index (χ0) is 16.2. The average Bonchev–Trinajstić information content (AvgIpc) is 2.97. The number of hydrogen-bond acceptors (Lipinski definition) is 4. The van der Waals surface area contributed by atoms with Gasteiger partial charge >= 0.3 is 0 Å². The van der Waals surface area contributed by atoms with Gasteiger partial charge in [-0.3, -0.25) is 5.32 Å². The van der Waals surface area contributed by atoms with Crippen molar-refractivity contribution in [3.8, 4) is 0 Å². The molecule has 1 aromatic heterocycles. The Labute approximate surface area is 144 Å². The van der Waals surface area contributed by atoms with Crippen LogP contribution in [0.1, 0.15) is 29.0 Å². The largest absolute Gasteiger partial charge is 0.424 e. The van der Waals surface area contributed by atoms with Crippen molar-refractivity contribution in [3.63, 3.8) is 0 Å². The molecule has 0 aliphatic rings. The number of aryl methyl sites for hydroxylation is 1. The molecule has 0 spiro atoms. The summed E-state index contributed by atoms with van der Waals surface area (Å²) in [6.45, 7) is 2.20. The predicted molar refractivity (Wildman–Crippen MR) is 90.6 cm³/mol. The molecule has 6 heteroatoms. The van der Waals surface area contributed by atoms with Crippen molar-refractivity contribution in [3.05, 3.63) is 81.5 Å². The van der Waals surface area contributed by atoms with Crippen LogP contribution in [0.5, 0.6) is 0 Å². The van der Waals surface area contributed by atoms with E-state index in [4.69, 9.17) is 27.6 Å². The van der Waals surface area contributed by atoms with Crippen LogP contribution in [0.2, 0.25) is 10.0 Å². The molecule has 1 atom stereocenters. The van der Waals surface area contributed by atoms with E-state index in [2.05, 4.69) is 15.5 Å². The lowest BCUT2D eigenvalue weighted by atomic mass is 9.98. The third-order valence-electron chi connectivity index (χ3n) is 3.43. The quantitative estimate of drug-likeness (QED) is 0.734. The maximum atomic E-state index is 6.38. The van der Waals surface area contributed by atoms with Crippen LogP contribution >= 0.6 is 23.2 Å². The summed E-state index contributed by atoms with van der Waals surface area (Å²) in [6, 6.07) is 15.3. The van der Waals surface area contributed by atoms with Crippen LogP contribution in [0.3, 0.4) is 0 Å². The van der Waals surface area contributed by atoms with Gasteiger partial charge in [-0.2, -0.15) is 0 Å². The number of benzene rings is 2. The molecule has 2 aromatic carbocycles. The molecular weight excluding hydrogens is 333 g/mol. The van der Waals surface area contributed by atoms with E-state index in [0.29, 0.717) is 28.4 Å². The molecule has 0 aliphatic carbocycles. The minimum Gasteiger partial charge on any atom is -0.424 e. The first-order valence-electron chi connectivity index (χ1n) is 7.16. The highest BCUT2D eigenvalue weighted by molar-refractivity contribution is 6.33. The molecule has 3 rings (SSSR count). The fourth-order valence-corrected chi connectivity index (χ4v) is 2.79. The van der Waals surface area contributed by atoms with E-state index in [1.807, 2.05) is 36.4 Å². The summed E-state index contributed by atoms with van der Waals surface area (Å²) in [6.07, 6.45) is 0. The molecule has 4 nitrogen and oxygen atoms in total. The van der Waals surface area contributed by atoms with Gasteiger partial charge in [-0.1, -0.05) is 53.5 Å². The van der Waals surface area contributed by atoms with Crippen LogP contribution < -0.4 is 5.32 Å². The van der Waals surface area contributed by atoms with Crippen molar-refractivity contribution in [1.82, 2.24) is 15.5 Å².